The predicted octanol–water partition coefficient (Wildman–Crippen LogP) is 3.84. The van der Waals surface area contributed by atoms with Gasteiger partial charge in [0, 0.05) is 19.2 Å². The molecule has 1 aliphatic carbocycles. The lowest BCUT2D eigenvalue weighted by Crippen LogP contribution is -2.26. The van der Waals surface area contributed by atoms with Crippen LogP contribution in [0.3, 0.4) is 0 Å². The van der Waals surface area contributed by atoms with Gasteiger partial charge in [0.15, 0.2) is 0 Å². The van der Waals surface area contributed by atoms with Crippen molar-refractivity contribution in [1.29, 1.82) is 0 Å². The third-order valence-corrected chi connectivity index (χ3v) is 4.20. The average molecular weight is 279 g/mol. The smallest absolute Gasteiger partial charge is 0.253 e. The predicted molar refractivity (Wildman–Crippen MR) is 85.3 cm³/mol. The molecular weight excluding hydrogens is 258 g/mol. The molecule has 1 amide bonds. The third-order valence-electron chi connectivity index (χ3n) is 4.20. The molecule has 0 saturated heterocycles. The summed E-state index contributed by atoms with van der Waals surface area (Å²) in [5.41, 5.74) is 4.75. The summed E-state index contributed by atoms with van der Waals surface area (Å²) >= 11 is 0. The number of rotatable bonds is 3. The van der Waals surface area contributed by atoms with Gasteiger partial charge in [-0.3, -0.25) is 4.79 Å². The first-order valence-corrected chi connectivity index (χ1v) is 7.65. The lowest BCUT2D eigenvalue weighted by atomic mass is 9.90. The highest BCUT2D eigenvalue weighted by molar-refractivity contribution is 5.94. The van der Waals surface area contributed by atoms with Crippen LogP contribution in [0.25, 0.3) is 0 Å². The molecule has 0 aliphatic heterocycles. The second-order valence-electron chi connectivity index (χ2n) is 5.84. The minimum atomic E-state index is 0.104. The molecule has 21 heavy (non-hydrogen) atoms. The molecule has 0 heterocycles. The lowest BCUT2D eigenvalue weighted by Gasteiger charge is -2.20. The van der Waals surface area contributed by atoms with Crippen molar-refractivity contribution in [2.24, 2.45) is 0 Å². The first-order chi connectivity index (χ1) is 10.2. The van der Waals surface area contributed by atoms with Crippen LogP contribution in [0.2, 0.25) is 0 Å². The number of aryl methyl sites for hydroxylation is 2. The van der Waals surface area contributed by atoms with Gasteiger partial charge in [-0.1, -0.05) is 36.4 Å². The van der Waals surface area contributed by atoms with Crippen molar-refractivity contribution in [3.8, 4) is 0 Å². The zero-order chi connectivity index (χ0) is 14.7. The highest BCUT2D eigenvalue weighted by Crippen LogP contribution is 2.23. The Kier molecular flexibility index (Phi) is 4.05. The maximum atomic E-state index is 12.6. The molecule has 0 spiro atoms. The summed E-state index contributed by atoms with van der Waals surface area (Å²) in [6, 6.07) is 16.3. The monoisotopic (exact) mass is 279 g/mol. The highest BCUT2D eigenvalue weighted by Gasteiger charge is 2.15. The molecule has 2 nitrogen and oxygen atoms in total. The molecule has 0 atom stereocenters. The van der Waals surface area contributed by atoms with Crippen LogP contribution in [-0.4, -0.2) is 17.9 Å². The molecule has 0 radical (unpaired) electrons. The minimum Gasteiger partial charge on any atom is -0.337 e. The Morgan fingerprint density at radius 3 is 2.48 bits per heavy atom. The van der Waals surface area contributed by atoms with Crippen molar-refractivity contribution in [3.63, 3.8) is 0 Å². The largest absolute Gasteiger partial charge is 0.337 e. The Morgan fingerprint density at radius 1 is 1.00 bits per heavy atom. The summed E-state index contributed by atoms with van der Waals surface area (Å²) in [6.45, 7) is 0.650. The Morgan fingerprint density at radius 2 is 1.71 bits per heavy atom. The van der Waals surface area contributed by atoms with E-state index in [1.165, 1.54) is 24.0 Å². The third kappa shape index (κ3) is 3.15. The van der Waals surface area contributed by atoms with E-state index in [1.807, 2.05) is 31.3 Å². The van der Waals surface area contributed by atoms with Gasteiger partial charge in [0.2, 0.25) is 0 Å². The molecule has 0 fully saturated rings. The molecule has 0 N–H and O–H groups in total. The topological polar surface area (TPSA) is 20.3 Å². The van der Waals surface area contributed by atoms with Gasteiger partial charge in [0.1, 0.15) is 0 Å². The molecule has 0 saturated carbocycles. The van der Waals surface area contributed by atoms with Crippen LogP contribution in [-0.2, 0) is 19.4 Å². The van der Waals surface area contributed by atoms with Gasteiger partial charge in [0.25, 0.3) is 5.91 Å². The number of nitrogens with zero attached hydrogens (tertiary/aromatic N) is 1. The Hall–Kier alpha value is -2.09. The quantitative estimate of drug-likeness (QED) is 0.836. The van der Waals surface area contributed by atoms with Crippen LogP contribution in [0.5, 0.6) is 0 Å². The van der Waals surface area contributed by atoms with E-state index in [0.717, 1.165) is 24.0 Å². The first-order valence-electron chi connectivity index (χ1n) is 7.65. The summed E-state index contributed by atoms with van der Waals surface area (Å²) in [7, 11) is 1.87. The van der Waals surface area contributed by atoms with Crippen molar-refractivity contribution in [2.75, 3.05) is 7.05 Å². The molecular formula is C19H21NO. The molecule has 0 bridgehead atoms. The van der Waals surface area contributed by atoms with Gasteiger partial charge in [-0.05, 0) is 54.5 Å². The number of carbonyl (C=O) groups is 1. The molecule has 1 aliphatic rings. The summed E-state index contributed by atoms with van der Waals surface area (Å²) in [6.07, 6.45) is 4.78. The molecule has 2 aromatic carbocycles. The number of hydrogen-bond donors (Lipinski definition) is 0. The standard InChI is InChI=1S/C19H21NO/c1-20(14-15-7-3-2-4-8-15)19(21)18-12-11-16-9-5-6-10-17(16)13-18/h2-4,7-8,11-13H,5-6,9-10,14H2,1H3. The van der Waals surface area contributed by atoms with Crippen LogP contribution >= 0.6 is 0 Å². The number of hydrogen-bond acceptors (Lipinski definition) is 1. The van der Waals surface area contributed by atoms with E-state index in [2.05, 4.69) is 24.3 Å². The normalized spacial score (nSPS) is 13.6. The van der Waals surface area contributed by atoms with Gasteiger partial charge in [0.05, 0.1) is 0 Å². The van der Waals surface area contributed by atoms with Crippen LogP contribution in [0.15, 0.2) is 48.5 Å². The Bertz CT molecular complexity index is 633. The van der Waals surface area contributed by atoms with Gasteiger partial charge < -0.3 is 4.90 Å². The van der Waals surface area contributed by atoms with Gasteiger partial charge >= 0.3 is 0 Å². The average Bonchev–Trinajstić information content (AvgIpc) is 2.54. The van der Waals surface area contributed by atoms with Crippen LogP contribution in [0.1, 0.15) is 39.9 Å². The molecule has 108 valence electrons. The fraction of sp³-hybridized carbons (Fsp3) is 0.316. The van der Waals surface area contributed by atoms with Crippen LogP contribution in [0.4, 0.5) is 0 Å². The summed E-state index contributed by atoms with van der Waals surface area (Å²) in [5, 5.41) is 0. The molecule has 2 aromatic rings. The van der Waals surface area contributed by atoms with E-state index in [0.29, 0.717) is 6.54 Å². The van der Waals surface area contributed by atoms with Crippen molar-refractivity contribution in [2.45, 2.75) is 32.2 Å². The van der Waals surface area contributed by atoms with Crippen LogP contribution in [0, 0.1) is 0 Å². The summed E-state index contributed by atoms with van der Waals surface area (Å²) < 4.78 is 0. The summed E-state index contributed by atoms with van der Waals surface area (Å²) in [4.78, 5) is 14.4. The molecule has 3 rings (SSSR count). The maximum absolute atomic E-state index is 12.6. The van der Waals surface area contributed by atoms with Crippen molar-refractivity contribution >= 4 is 5.91 Å². The molecule has 0 unspecified atom stereocenters. The van der Waals surface area contributed by atoms with E-state index in [4.69, 9.17) is 0 Å². The second-order valence-corrected chi connectivity index (χ2v) is 5.84. The number of carbonyl (C=O) groups excluding carboxylic acids is 1. The lowest BCUT2D eigenvalue weighted by molar-refractivity contribution is 0.0785. The minimum absolute atomic E-state index is 0.104. The molecule has 0 aromatic heterocycles. The Balaban J connectivity index is 1.75. The number of benzene rings is 2. The van der Waals surface area contributed by atoms with Crippen molar-refractivity contribution in [3.05, 3.63) is 70.8 Å². The zero-order valence-electron chi connectivity index (χ0n) is 12.5. The number of fused-ring (bicyclic) bond motifs is 1. The fourth-order valence-corrected chi connectivity index (χ4v) is 3.02. The van der Waals surface area contributed by atoms with Crippen molar-refractivity contribution in [1.82, 2.24) is 4.90 Å². The SMILES string of the molecule is CN(Cc1ccccc1)C(=O)c1ccc2c(c1)CCCC2. The summed E-state index contributed by atoms with van der Waals surface area (Å²) in [5.74, 6) is 0.104. The van der Waals surface area contributed by atoms with Crippen LogP contribution < -0.4 is 0 Å². The Labute approximate surface area is 126 Å². The van der Waals surface area contributed by atoms with E-state index in [-0.39, 0.29) is 5.91 Å². The van der Waals surface area contributed by atoms with E-state index in [9.17, 15) is 4.79 Å². The van der Waals surface area contributed by atoms with Gasteiger partial charge in [-0.15, -0.1) is 0 Å². The van der Waals surface area contributed by atoms with Crippen molar-refractivity contribution < 1.29 is 4.79 Å². The van der Waals surface area contributed by atoms with Gasteiger partial charge in [-0.2, -0.15) is 0 Å². The number of amides is 1. The van der Waals surface area contributed by atoms with E-state index >= 15 is 0 Å². The van der Waals surface area contributed by atoms with E-state index in [1.54, 1.807) is 4.90 Å². The second kappa shape index (κ2) is 6.13. The first kappa shape index (κ1) is 13.9. The fourth-order valence-electron chi connectivity index (χ4n) is 3.02. The van der Waals surface area contributed by atoms with E-state index < -0.39 is 0 Å². The highest BCUT2D eigenvalue weighted by atomic mass is 16.2. The van der Waals surface area contributed by atoms with Gasteiger partial charge in [-0.25, -0.2) is 0 Å². The molecule has 2 heteroatoms. The maximum Gasteiger partial charge on any atom is 0.253 e. The zero-order valence-corrected chi connectivity index (χ0v) is 12.5.